The fraction of sp³-hybridized carbons (Fsp3) is 0.0909. The summed E-state index contributed by atoms with van der Waals surface area (Å²) in [6.07, 6.45) is 0. The topological polar surface area (TPSA) is 118 Å². The van der Waals surface area contributed by atoms with E-state index in [9.17, 15) is 28.2 Å². The van der Waals surface area contributed by atoms with E-state index >= 15 is 0 Å². The Kier molecular flexibility index (Phi) is 6.62. The van der Waals surface area contributed by atoms with Crippen LogP contribution in [0.15, 0.2) is 54.6 Å². The van der Waals surface area contributed by atoms with Crippen LogP contribution in [0.5, 0.6) is 11.5 Å². The van der Waals surface area contributed by atoms with Crippen LogP contribution in [0.4, 0.5) is 0 Å². The Hall–Kier alpha value is -3.36. The lowest BCUT2D eigenvalue weighted by Gasteiger charge is -2.16. The van der Waals surface area contributed by atoms with E-state index in [-0.39, 0.29) is 28.2 Å². The second-order valence-corrected chi connectivity index (χ2v) is 8.12. The average Bonchev–Trinajstić information content (AvgIpc) is 2.68. The second-order valence-electron chi connectivity index (χ2n) is 6.70. The van der Waals surface area contributed by atoms with Gasteiger partial charge in [0.05, 0.1) is 16.9 Å². The standard InChI is InChI=1S/C22H17ClO7S/c1-12-7-17(19(22(26)27)10-16(12)21(24)25)18-8-13(11-31(28)29)5-6-20(18)30-15-4-2-3-14(23)9-15/h2-10,31H,11H2,1H3,(H,24,25)(H,26,27). The number of hydrogen-bond donors (Lipinski definition) is 3. The maximum Gasteiger partial charge on any atom is 0.336 e. The highest BCUT2D eigenvalue weighted by Crippen LogP contribution is 2.38. The molecule has 3 aromatic carbocycles. The van der Waals surface area contributed by atoms with Crippen molar-refractivity contribution in [2.24, 2.45) is 0 Å². The molecule has 3 rings (SSSR count). The number of thiol groups is 1. The van der Waals surface area contributed by atoms with Gasteiger partial charge in [0.25, 0.3) is 0 Å². The number of carbonyl (C=O) groups is 2. The molecule has 0 amide bonds. The van der Waals surface area contributed by atoms with E-state index in [0.29, 0.717) is 27.5 Å². The van der Waals surface area contributed by atoms with Crippen molar-refractivity contribution in [3.63, 3.8) is 0 Å². The van der Waals surface area contributed by atoms with Gasteiger partial charge in [-0.3, -0.25) is 0 Å². The fourth-order valence-corrected chi connectivity index (χ4v) is 3.79. The molecule has 0 radical (unpaired) electrons. The van der Waals surface area contributed by atoms with Gasteiger partial charge in [0.1, 0.15) is 22.2 Å². The summed E-state index contributed by atoms with van der Waals surface area (Å²) in [5.74, 6) is -2.16. The largest absolute Gasteiger partial charge is 0.478 e. The van der Waals surface area contributed by atoms with Gasteiger partial charge in [0.2, 0.25) is 0 Å². The normalized spacial score (nSPS) is 10.8. The maximum absolute atomic E-state index is 11.9. The summed E-state index contributed by atoms with van der Waals surface area (Å²) in [5.41, 5.74) is 0.906. The van der Waals surface area contributed by atoms with Crippen molar-refractivity contribution in [1.82, 2.24) is 0 Å². The van der Waals surface area contributed by atoms with Gasteiger partial charge in [0, 0.05) is 16.1 Å². The van der Waals surface area contributed by atoms with Crippen molar-refractivity contribution in [1.29, 1.82) is 0 Å². The highest BCUT2D eigenvalue weighted by molar-refractivity contribution is 7.71. The van der Waals surface area contributed by atoms with Crippen molar-refractivity contribution in [2.75, 3.05) is 0 Å². The predicted octanol–water partition coefficient (Wildman–Crippen LogP) is 4.62. The lowest BCUT2D eigenvalue weighted by Crippen LogP contribution is -2.07. The molecule has 2 N–H and O–H groups in total. The zero-order valence-corrected chi connectivity index (χ0v) is 17.8. The van der Waals surface area contributed by atoms with E-state index in [1.54, 1.807) is 37.3 Å². The lowest BCUT2D eigenvalue weighted by molar-refractivity contribution is 0.0695. The van der Waals surface area contributed by atoms with E-state index in [1.165, 1.54) is 18.2 Å². The van der Waals surface area contributed by atoms with Gasteiger partial charge in [0.15, 0.2) is 0 Å². The van der Waals surface area contributed by atoms with Crippen LogP contribution in [0, 0.1) is 6.92 Å². The van der Waals surface area contributed by atoms with Crippen molar-refractivity contribution in [3.05, 3.63) is 81.9 Å². The van der Waals surface area contributed by atoms with Crippen LogP contribution in [0.25, 0.3) is 11.1 Å². The van der Waals surface area contributed by atoms with Gasteiger partial charge in [-0.15, -0.1) is 0 Å². The summed E-state index contributed by atoms with van der Waals surface area (Å²) in [4.78, 5) is 23.4. The molecule has 3 aromatic rings. The highest BCUT2D eigenvalue weighted by Gasteiger charge is 2.21. The number of benzene rings is 3. The molecule has 0 bridgehead atoms. The smallest absolute Gasteiger partial charge is 0.336 e. The van der Waals surface area contributed by atoms with Gasteiger partial charge in [-0.05, 0) is 60.5 Å². The van der Waals surface area contributed by atoms with Crippen molar-refractivity contribution in [2.45, 2.75) is 12.7 Å². The predicted molar refractivity (Wildman–Crippen MR) is 116 cm³/mol. The van der Waals surface area contributed by atoms with Crippen molar-refractivity contribution in [3.8, 4) is 22.6 Å². The minimum Gasteiger partial charge on any atom is -0.478 e. The number of halogens is 1. The summed E-state index contributed by atoms with van der Waals surface area (Å²) < 4.78 is 28.3. The SMILES string of the molecule is Cc1cc(-c2cc(C[SH](=O)=O)ccc2Oc2cccc(Cl)c2)c(C(=O)O)cc1C(=O)O. The number of carboxylic acids is 2. The Labute approximate surface area is 184 Å². The van der Waals surface area contributed by atoms with Crippen LogP contribution < -0.4 is 4.74 Å². The first-order valence-electron chi connectivity index (χ1n) is 8.95. The quantitative estimate of drug-likeness (QED) is 0.440. The van der Waals surface area contributed by atoms with Gasteiger partial charge >= 0.3 is 11.9 Å². The Morgan fingerprint density at radius 3 is 2.26 bits per heavy atom. The number of ether oxygens (including phenoxy) is 1. The number of hydrogen-bond acceptors (Lipinski definition) is 5. The molecule has 0 aliphatic rings. The molecule has 0 saturated carbocycles. The first kappa shape index (κ1) is 22.3. The molecule has 31 heavy (non-hydrogen) atoms. The number of aromatic carboxylic acids is 2. The minimum atomic E-state index is -2.71. The van der Waals surface area contributed by atoms with Crippen LogP contribution >= 0.6 is 11.6 Å². The Bertz CT molecular complexity index is 1260. The number of rotatable bonds is 7. The Balaban J connectivity index is 2.25. The van der Waals surface area contributed by atoms with Crippen molar-refractivity contribution >= 4 is 34.2 Å². The molecule has 7 nitrogen and oxygen atoms in total. The molecule has 0 unspecified atom stereocenters. The Morgan fingerprint density at radius 1 is 0.935 bits per heavy atom. The molecule has 160 valence electrons. The van der Waals surface area contributed by atoms with E-state index in [1.807, 2.05) is 0 Å². The minimum absolute atomic E-state index is 0.141. The van der Waals surface area contributed by atoms with Crippen LogP contribution in [-0.4, -0.2) is 30.6 Å². The molecule has 0 aliphatic carbocycles. The molecular formula is C22H17ClO7S. The summed E-state index contributed by atoms with van der Waals surface area (Å²) in [7, 11) is -2.71. The lowest BCUT2D eigenvalue weighted by atomic mass is 9.92. The van der Waals surface area contributed by atoms with E-state index in [2.05, 4.69) is 0 Å². The molecule has 0 spiro atoms. The third-order valence-electron chi connectivity index (χ3n) is 4.50. The fourth-order valence-electron chi connectivity index (χ4n) is 3.12. The van der Waals surface area contributed by atoms with Gasteiger partial charge in [-0.25, -0.2) is 18.0 Å². The maximum atomic E-state index is 11.9. The third-order valence-corrected chi connectivity index (χ3v) is 5.35. The molecule has 0 aromatic heterocycles. The zero-order valence-electron chi connectivity index (χ0n) is 16.2. The van der Waals surface area contributed by atoms with E-state index < -0.39 is 22.6 Å². The van der Waals surface area contributed by atoms with Gasteiger partial charge in [-0.1, -0.05) is 23.7 Å². The molecule has 0 heterocycles. The van der Waals surface area contributed by atoms with Crippen LogP contribution in [-0.2, 0) is 16.5 Å². The average molecular weight is 461 g/mol. The monoisotopic (exact) mass is 460 g/mol. The summed E-state index contributed by atoms with van der Waals surface area (Å²) >= 11 is 6.00. The zero-order chi connectivity index (χ0) is 22.7. The molecule has 0 atom stereocenters. The van der Waals surface area contributed by atoms with E-state index in [0.717, 1.165) is 6.07 Å². The number of carboxylic acid groups (broad SMARTS) is 2. The van der Waals surface area contributed by atoms with Crippen molar-refractivity contribution < 1.29 is 33.0 Å². The van der Waals surface area contributed by atoms with Gasteiger partial charge in [-0.2, -0.15) is 0 Å². The third kappa shape index (κ3) is 5.22. The van der Waals surface area contributed by atoms with Crippen LogP contribution in [0.3, 0.4) is 0 Å². The molecule has 0 saturated heterocycles. The first-order chi connectivity index (χ1) is 14.7. The summed E-state index contributed by atoms with van der Waals surface area (Å²) in [6.45, 7) is 1.55. The van der Waals surface area contributed by atoms with Gasteiger partial charge < -0.3 is 14.9 Å². The number of aryl methyl sites for hydroxylation is 1. The molecule has 0 fully saturated rings. The molecular weight excluding hydrogens is 444 g/mol. The first-order valence-corrected chi connectivity index (χ1v) is 10.7. The van der Waals surface area contributed by atoms with E-state index in [4.69, 9.17) is 16.3 Å². The molecule has 9 heteroatoms. The van der Waals surface area contributed by atoms with Crippen LogP contribution in [0.1, 0.15) is 31.8 Å². The Morgan fingerprint density at radius 2 is 1.65 bits per heavy atom. The van der Waals surface area contributed by atoms with Crippen LogP contribution in [0.2, 0.25) is 5.02 Å². The summed E-state index contributed by atoms with van der Waals surface area (Å²) in [5, 5.41) is 19.5. The molecule has 0 aliphatic heterocycles. The summed E-state index contributed by atoms with van der Waals surface area (Å²) in [6, 6.07) is 13.7. The highest BCUT2D eigenvalue weighted by atomic mass is 35.5. The second kappa shape index (κ2) is 9.20.